The van der Waals surface area contributed by atoms with Crippen LogP contribution in [0.1, 0.15) is 12.8 Å². The number of aromatic nitrogens is 2. The Morgan fingerprint density at radius 2 is 2.40 bits per heavy atom. The Hall–Kier alpha value is -1.89. The van der Waals surface area contributed by atoms with E-state index < -0.39 is 0 Å². The molecule has 0 saturated carbocycles. The van der Waals surface area contributed by atoms with E-state index in [0.29, 0.717) is 6.54 Å². The molecule has 0 aliphatic carbocycles. The van der Waals surface area contributed by atoms with E-state index >= 15 is 0 Å². The highest BCUT2D eigenvalue weighted by Gasteiger charge is 2.38. The second-order valence-corrected chi connectivity index (χ2v) is 5.46. The molecule has 0 spiro atoms. The quantitative estimate of drug-likeness (QED) is 0.786. The van der Waals surface area contributed by atoms with Crippen molar-refractivity contribution in [2.24, 2.45) is 5.92 Å². The van der Waals surface area contributed by atoms with E-state index in [1.54, 1.807) is 22.2 Å². The molecule has 2 aliphatic heterocycles. The number of aromatic amines is 1. The number of likely N-dealkylation sites (N-methyl/N-ethyl adjacent to an activating group) is 1. The van der Waals surface area contributed by atoms with Gasteiger partial charge in [0.25, 0.3) is 0 Å². The maximum Gasteiger partial charge on any atom is 0.228 e. The van der Waals surface area contributed by atoms with Gasteiger partial charge in [0.1, 0.15) is 0 Å². The van der Waals surface area contributed by atoms with Crippen LogP contribution in [0.15, 0.2) is 12.4 Å². The molecule has 108 valence electrons. The van der Waals surface area contributed by atoms with Crippen molar-refractivity contribution in [2.45, 2.75) is 18.9 Å². The van der Waals surface area contributed by atoms with E-state index in [0.717, 1.165) is 25.2 Å². The first-order valence-electron chi connectivity index (χ1n) is 6.93. The maximum absolute atomic E-state index is 12.5. The Bertz CT molecular complexity index is 495. The highest BCUT2D eigenvalue weighted by Crippen LogP contribution is 2.26. The molecule has 1 aromatic heterocycles. The van der Waals surface area contributed by atoms with Crippen molar-refractivity contribution in [1.82, 2.24) is 20.4 Å². The van der Waals surface area contributed by atoms with E-state index in [4.69, 9.17) is 0 Å². The van der Waals surface area contributed by atoms with Crippen LogP contribution in [0.25, 0.3) is 0 Å². The van der Waals surface area contributed by atoms with Crippen LogP contribution in [0.3, 0.4) is 0 Å². The minimum absolute atomic E-state index is 0.0114. The van der Waals surface area contributed by atoms with Gasteiger partial charge in [-0.1, -0.05) is 0 Å². The third kappa shape index (κ3) is 2.29. The molecule has 2 aliphatic rings. The summed E-state index contributed by atoms with van der Waals surface area (Å²) in [5.41, 5.74) is 0.732. The van der Waals surface area contributed by atoms with Gasteiger partial charge in [-0.15, -0.1) is 0 Å². The Labute approximate surface area is 117 Å². The van der Waals surface area contributed by atoms with E-state index in [1.807, 2.05) is 7.05 Å². The molecule has 7 nitrogen and oxygen atoms in total. The summed E-state index contributed by atoms with van der Waals surface area (Å²) in [7, 11) is 1.84. The van der Waals surface area contributed by atoms with Crippen molar-refractivity contribution < 1.29 is 9.59 Å². The fourth-order valence-corrected chi connectivity index (χ4v) is 2.95. The molecule has 0 bridgehead atoms. The smallest absolute Gasteiger partial charge is 0.228 e. The molecule has 2 fully saturated rings. The highest BCUT2D eigenvalue weighted by atomic mass is 16.2. The van der Waals surface area contributed by atoms with Crippen LogP contribution in [-0.4, -0.2) is 59.6 Å². The second kappa shape index (κ2) is 5.24. The van der Waals surface area contributed by atoms with E-state index in [9.17, 15) is 9.59 Å². The number of hydrogen-bond donors (Lipinski definition) is 2. The number of nitrogens with one attached hydrogen (secondary N) is 2. The number of carbonyl (C=O) groups is 2. The summed E-state index contributed by atoms with van der Waals surface area (Å²) in [5, 5.41) is 9.79. The monoisotopic (exact) mass is 277 g/mol. The molecular formula is C13H19N5O2. The minimum atomic E-state index is -0.247. The lowest BCUT2D eigenvalue weighted by atomic mass is 10.1. The number of carbonyl (C=O) groups excluding carboxylic acids is 2. The lowest BCUT2D eigenvalue weighted by Gasteiger charge is -2.26. The molecule has 0 aromatic carbocycles. The third-order valence-corrected chi connectivity index (χ3v) is 4.20. The van der Waals surface area contributed by atoms with Gasteiger partial charge in [-0.05, 0) is 13.0 Å². The van der Waals surface area contributed by atoms with Gasteiger partial charge < -0.3 is 15.1 Å². The number of hydrogen-bond acceptors (Lipinski definition) is 4. The topological polar surface area (TPSA) is 81.3 Å². The first-order valence-corrected chi connectivity index (χ1v) is 6.93. The van der Waals surface area contributed by atoms with Gasteiger partial charge in [-0.3, -0.25) is 14.7 Å². The Kier molecular flexibility index (Phi) is 3.43. The van der Waals surface area contributed by atoms with Gasteiger partial charge in [-0.25, -0.2) is 0 Å². The number of anilines is 1. The van der Waals surface area contributed by atoms with Gasteiger partial charge >= 0.3 is 0 Å². The summed E-state index contributed by atoms with van der Waals surface area (Å²) in [6, 6.07) is 0.251. The first-order chi connectivity index (χ1) is 9.66. The number of H-pyrrole nitrogens is 1. The molecule has 0 radical (unpaired) electrons. The van der Waals surface area contributed by atoms with Crippen LogP contribution >= 0.6 is 0 Å². The van der Waals surface area contributed by atoms with Crippen molar-refractivity contribution in [3.05, 3.63) is 12.4 Å². The van der Waals surface area contributed by atoms with Crippen LogP contribution in [0.4, 0.5) is 5.69 Å². The van der Waals surface area contributed by atoms with Gasteiger partial charge in [0, 0.05) is 38.8 Å². The second-order valence-electron chi connectivity index (χ2n) is 5.46. The van der Waals surface area contributed by atoms with Crippen molar-refractivity contribution in [1.29, 1.82) is 0 Å². The van der Waals surface area contributed by atoms with Crippen LogP contribution in [0, 0.1) is 5.92 Å². The lowest BCUT2D eigenvalue weighted by molar-refractivity contribution is -0.136. The van der Waals surface area contributed by atoms with Crippen molar-refractivity contribution >= 4 is 17.5 Å². The molecule has 2 amide bonds. The molecule has 3 rings (SSSR count). The zero-order valence-corrected chi connectivity index (χ0v) is 11.5. The van der Waals surface area contributed by atoms with Crippen LogP contribution in [0.5, 0.6) is 0 Å². The predicted molar refractivity (Wildman–Crippen MR) is 73.1 cm³/mol. The Morgan fingerprint density at radius 1 is 1.55 bits per heavy atom. The number of amides is 2. The van der Waals surface area contributed by atoms with Gasteiger partial charge in [0.05, 0.1) is 17.8 Å². The molecule has 7 heteroatoms. The first kappa shape index (κ1) is 13.1. The summed E-state index contributed by atoms with van der Waals surface area (Å²) in [6.45, 7) is 2.24. The van der Waals surface area contributed by atoms with Crippen molar-refractivity contribution in [3.63, 3.8) is 0 Å². The summed E-state index contributed by atoms with van der Waals surface area (Å²) in [6.07, 6.45) is 4.55. The normalized spacial score (nSPS) is 26.2. The summed E-state index contributed by atoms with van der Waals surface area (Å²) in [5.74, 6) is -0.191. The van der Waals surface area contributed by atoms with Gasteiger partial charge in [0.15, 0.2) is 0 Å². The SMILES string of the molecule is CN(C(=O)[C@@H]1CC(=O)N(c2cn[nH]c2)C1)[C@H]1CCNC1. The van der Waals surface area contributed by atoms with E-state index in [-0.39, 0.29) is 30.2 Å². The average molecular weight is 277 g/mol. The summed E-state index contributed by atoms with van der Waals surface area (Å²) < 4.78 is 0. The van der Waals surface area contributed by atoms with Crippen molar-refractivity contribution in [3.8, 4) is 0 Å². The third-order valence-electron chi connectivity index (χ3n) is 4.20. The van der Waals surface area contributed by atoms with E-state index in [1.165, 1.54) is 0 Å². The highest BCUT2D eigenvalue weighted by molar-refractivity contribution is 6.00. The van der Waals surface area contributed by atoms with Gasteiger partial charge in [-0.2, -0.15) is 5.10 Å². The predicted octanol–water partition coefficient (Wildman–Crippen LogP) is -0.417. The number of nitrogens with zero attached hydrogens (tertiary/aromatic N) is 3. The average Bonchev–Trinajstić information content (AvgIpc) is 3.17. The minimum Gasteiger partial charge on any atom is -0.341 e. The molecule has 1 aromatic rings. The Balaban J connectivity index is 1.66. The zero-order chi connectivity index (χ0) is 14.1. The van der Waals surface area contributed by atoms with Crippen LogP contribution in [0.2, 0.25) is 0 Å². The molecule has 2 saturated heterocycles. The summed E-state index contributed by atoms with van der Waals surface area (Å²) >= 11 is 0. The molecule has 2 N–H and O–H groups in total. The molecule has 20 heavy (non-hydrogen) atoms. The molecule has 3 heterocycles. The number of rotatable bonds is 3. The van der Waals surface area contributed by atoms with E-state index in [2.05, 4.69) is 15.5 Å². The fraction of sp³-hybridized carbons (Fsp3) is 0.615. The summed E-state index contributed by atoms with van der Waals surface area (Å²) in [4.78, 5) is 28.0. The lowest BCUT2D eigenvalue weighted by Crippen LogP contribution is -2.42. The fourth-order valence-electron chi connectivity index (χ4n) is 2.95. The largest absolute Gasteiger partial charge is 0.341 e. The molecular weight excluding hydrogens is 258 g/mol. The Morgan fingerprint density at radius 3 is 3.05 bits per heavy atom. The van der Waals surface area contributed by atoms with Gasteiger partial charge in [0.2, 0.25) is 11.8 Å². The molecule has 2 atom stereocenters. The van der Waals surface area contributed by atoms with Crippen molar-refractivity contribution in [2.75, 3.05) is 31.6 Å². The van der Waals surface area contributed by atoms with Crippen LogP contribution in [-0.2, 0) is 9.59 Å². The zero-order valence-electron chi connectivity index (χ0n) is 11.5. The standard InChI is InChI=1S/C13H19N5O2/c1-17(10-2-3-14-5-10)13(20)9-4-12(19)18(8-9)11-6-15-16-7-11/h6-7,9-10,14H,2-5,8H2,1H3,(H,15,16)/t9-,10+/m1/s1. The van der Waals surface area contributed by atoms with Crippen LogP contribution < -0.4 is 10.2 Å². The maximum atomic E-state index is 12.5. The molecule has 0 unspecified atom stereocenters.